The van der Waals surface area contributed by atoms with Crippen molar-refractivity contribution in [1.29, 1.82) is 0 Å². The van der Waals surface area contributed by atoms with Crippen molar-refractivity contribution in [2.75, 3.05) is 31.5 Å². The SMILES string of the molecule is O=C(CN1CCNCC1c1cccc(F)c1)Nc1ccc(Br)cn1. The van der Waals surface area contributed by atoms with Gasteiger partial charge in [0.2, 0.25) is 5.91 Å². The lowest BCUT2D eigenvalue weighted by atomic mass is 10.0. The van der Waals surface area contributed by atoms with Gasteiger partial charge in [-0.3, -0.25) is 9.69 Å². The molecule has 1 amide bonds. The van der Waals surface area contributed by atoms with Crippen LogP contribution >= 0.6 is 15.9 Å². The number of benzene rings is 1. The van der Waals surface area contributed by atoms with Gasteiger partial charge in [0.25, 0.3) is 0 Å². The summed E-state index contributed by atoms with van der Waals surface area (Å²) < 4.78 is 14.4. The molecule has 2 heterocycles. The first-order chi connectivity index (χ1) is 11.6. The quantitative estimate of drug-likeness (QED) is 0.839. The van der Waals surface area contributed by atoms with Crippen molar-refractivity contribution in [2.45, 2.75) is 6.04 Å². The van der Waals surface area contributed by atoms with Gasteiger partial charge in [-0.1, -0.05) is 12.1 Å². The first kappa shape index (κ1) is 17.0. The lowest BCUT2D eigenvalue weighted by Gasteiger charge is -2.36. The zero-order valence-corrected chi connectivity index (χ0v) is 14.6. The summed E-state index contributed by atoms with van der Waals surface area (Å²) in [6, 6.07) is 10.1. The number of nitrogens with zero attached hydrogens (tertiary/aromatic N) is 2. The summed E-state index contributed by atoms with van der Waals surface area (Å²) in [4.78, 5) is 18.5. The van der Waals surface area contributed by atoms with Crippen LogP contribution in [0.2, 0.25) is 0 Å². The van der Waals surface area contributed by atoms with E-state index >= 15 is 0 Å². The second-order valence-electron chi connectivity index (χ2n) is 5.66. The largest absolute Gasteiger partial charge is 0.314 e. The molecular weight excluding hydrogens is 375 g/mol. The number of hydrogen-bond donors (Lipinski definition) is 2. The second kappa shape index (κ2) is 7.83. The fourth-order valence-corrected chi connectivity index (χ4v) is 3.03. The highest BCUT2D eigenvalue weighted by Crippen LogP contribution is 2.22. The Morgan fingerprint density at radius 3 is 3.04 bits per heavy atom. The van der Waals surface area contributed by atoms with Crippen molar-refractivity contribution in [3.05, 3.63) is 58.4 Å². The summed E-state index contributed by atoms with van der Waals surface area (Å²) >= 11 is 3.31. The molecule has 0 saturated carbocycles. The highest BCUT2D eigenvalue weighted by molar-refractivity contribution is 9.10. The van der Waals surface area contributed by atoms with Crippen molar-refractivity contribution in [3.63, 3.8) is 0 Å². The zero-order valence-electron chi connectivity index (χ0n) is 13.0. The molecule has 1 saturated heterocycles. The Morgan fingerprint density at radius 1 is 1.42 bits per heavy atom. The van der Waals surface area contributed by atoms with Gasteiger partial charge in [0.05, 0.1) is 6.54 Å². The molecule has 1 aromatic carbocycles. The first-order valence-electron chi connectivity index (χ1n) is 7.73. The van der Waals surface area contributed by atoms with Gasteiger partial charge in [-0.25, -0.2) is 9.37 Å². The Kier molecular flexibility index (Phi) is 5.55. The summed E-state index contributed by atoms with van der Waals surface area (Å²) in [7, 11) is 0. The molecule has 1 aliphatic rings. The van der Waals surface area contributed by atoms with E-state index in [1.807, 2.05) is 12.1 Å². The molecule has 1 aliphatic heterocycles. The van der Waals surface area contributed by atoms with E-state index < -0.39 is 0 Å². The molecule has 2 aromatic rings. The molecule has 0 aliphatic carbocycles. The normalized spacial score (nSPS) is 18.3. The standard InChI is InChI=1S/C17H18BrFN4O/c18-13-4-5-16(21-9-13)22-17(24)11-23-7-6-20-10-15(23)12-2-1-3-14(19)8-12/h1-5,8-9,15,20H,6-7,10-11H2,(H,21,22,24). The summed E-state index contributed by atoms with van der Waals surface area (Å²) in [5.74, 6) is 0.121. The molecule has 1 fully saturated rings. The van der Waals surface area contributed by atoms with Gasteiger partial charge in [0, 0.05) is 36.3 Å². The first-order valence-corrected chi connectivity index (χ1v) is 8.53. The van der Waals surface area contributed by atoms with Crippen LogP contribution in [0.1, 0.15) is 11.6 Å². The third kappa shape index (κ3) is 4.37. The van der Waals surface area contributed by atoms with Gasteiger partial charge in [-0.2, -0.15) is 0 Å². The molecule has 0 spiro atoms. The minimum absolute atomic E-state index is 0.0296. The number of carbonyl (C=O) groups excluding carboxylic acids is 1. The average Bonchev–Trinajstić information content (AvgIpc) is 2.57. The van der Waals surface area contributed by atoms with E-state index in [9.17, 15) is 9.18 Å². The molecule has 24 heavy (non-hydrogen) atoms. The van der Waals surface area contributed by atoms with Crippen molar-refractivity contribution in [1.82, 2.24) is 15.2 Å². The highest BCUT2D eigenvalue weighted by atomic mass is 79.9. The molecule has 3 rings (SSSR count). The molecule has 2 N–H and O–H groups in total. The number of aromatic nitrogens is 1. The van der Waals surface area contributed by atoms with E-state index in [4.69, 9.17) is 0 Å². The zero-order chi connectivity index (χ0) is 16.9. The molecule has 126 valence electrons. The van der Waals surface area contributed by atoms with Crippen LogP contribution in [-0.4, -0.2) is 42.0 Å². The van der Waals surface area contributed by atoms with E-state index in [-0.39, 0.29) is 24.3 Å². The third-order valence-electron chi connectivity index (χ3n) is 3.93. The fraction of sp³-hybridized carbons (Fsp3) is 0.294. The van der Waals surface area contributed by atoms with Crippen LogP contribution in [0.3, 0.4) is 0 Å². The number of rotatable bonds is 4. The third-order valence-corrected chi connectivity index (χ3v) is 4.40. The molecule has 7 heteroatoms. The Balaban J connectivity index is 1.67. The van der Waals surface area contributed by atoms with E-state index in [0.29, 0.717) is 12.4 Å². The number of anilines is 1. The molecule has 0 radical (unpaired) electrons. The Morgan fingerprint density at radius 2 is 2.29 bits per heavy atom. The van der Waals surface area contributed by atoms with Crippen molar-refractivity contribution >= 4 is 27.7 Å². The molecule has 1 atom stereocenters. The Labute approximate surface area is 148 Å². The van der Waals surface area contributed by atoms with Crippen LogP contribution in [0.25, 0.3) is 0 Å². The van der Waals surface area contributed by atoms with Crippen LogP contribution in [0.4, 0.5) is 10.2 Å². The minimum Gasteiger partial charge on any atom is -0.314 e. The topological polar surface area (TPSA) is 57.3 Å². The van der Waals surface area contributed by atoms with Gasteiger partial charge in [0.1, 0.15) is 11.6 Å². The fourth-order valence-electron chi connectivity index (χ4n) is 2.79. The summed E-state index contributed by atoms with van der Waals surface area (Å²) in [5.41, 5.74) is 0.872. The Bertz CT molecular complexity index is 710. The van der Waals surface area contributed by atoms with Gasteiger partial charge in [0.15, 0.2) is 0 Å². The molecular formula is C17H18BrFN4O. The lowest BCUT2D eigenvalue weighted by molar-refractivity contribution is -0.118. The van der Waals surface area contributed by atoms with E-state index in [0.717, 1.165) is 23.1 Å². The van der Waals surface area contributed by atoms with Crippen LogP contribution in [0, 0.1) is 5.82 Å². The monoisotopic (exact) mass is 392 g/mol. The molecule has 5 nitrogen and oxygen atoms in total. The maximum Gasteiger partial charge on any atom is 0.239 e. The summed E-state index contributed by atoms with van der Waals surface area (Å²) in [6.07, 6.45) is 1.63. The summed E-state index contributed by atoms with van der Waals surface area (Å²) in [6.45, 7) is 2.45. The molecule has 1 unspecified atom stereocenters. The van der Waals surface area contributed by atoms with Crippen LogP contribution in [0.15, 0.2) is 47.1 Å². The highest BCUT2D eigenvalue weighted by Gasteiger charge is 2.25. The number of carbonyl (C=O) groups is 1. The number of piperazine rings is 1. The van der Waals surface area contributed by atoms with E-state index in [1.54, 1.807) is 18.3 Å². The molecule has 0 bridgehead atoms. The van der Waals surface area contributed by atoms with Crippen molar-refractivity contribution in [3.8, 4) is 0 Å². The number of nitrogens with one attached hydrogen (secondary N) is 2. The van der Waals surface area contributed by atoms with Crippen LogP contribution in [-0.2, 0) is 4.79 Å². The van der Waals surface area contributed by atoms with Gasteiger partial charge in [-0.05, 0) is 45.8 Å². The maximum absolute atomic E-state index is 13.5. The van der Waals surface area contributed by atoms with Gasteiger partial charge < -0.3 is 10.6 Å². The van der Waals surface area contributed by atoms with Crippen molar-refractivity contribution < 1.29 is 9.18 Å². The van der Waals surface area contributed by atoms with Gasteiger partial charge >= 0.3 is 0 Å². The molecule has 1 aromatic heterocycles. The minimum atomic E-state index is -0.262. The predicted octanol–water partition coefficient (Wildman–Crippen LogP) is 2.57. The van der Waals surface area contributed by atoms with Crippen LogP contribution < -0.4 is 10.6 Å². The maximum atomic E-state index is 13.5. The lowest BCUT2D eigenvalue weighted by Crippen LogP contribution is -2.48. The number of halogens is 2. The predicted molar refractivity (Wildman–Crippen MR) is 94.2 cm³/mol. The van der Waals surface area contributed by atoms with Crippen LogP contribution in [0.5, 0.6) is 0 Å². The summed E-state index contributed by atoms with van der Waals surface area (Å²) in [5, 5.41) is 6.09. The van der Waals surface area contributed by atoms with Crippen molar-refractivity contribution in [2.24, 2.45) is 0 Å². The number of amides is 1. The average molecular weight is 393 g/mol. The smallest absolute Gasteiger partial charge is 0.239 e. The number of hydrogen-bond acceptors (Lipinski definition) is 4. The van der Waals surface area contributed by atoms with E-state index in [2.05, 4.69) is 36.4 Å². The van der Waals surface area contributed by atoms with Gasteiger partial charge in [-0.15, -0.1) is 0 Å². The second-order valence-corrected chi connectivity index (χ2v) is 6.57. The number of pyridine rings is 1. The van der Waals surface area contributed by atoms with E-state index in [1.165, 1.54) is 12.1 Å². The Hall–Kier alpha value is -1.83.